The number of rotatable bonds is 11. The average molecular weight is 291 g/mol. The SMILES string of the molecule is CCCCCCCCC(C)NC(C)C(O)c1ccccc1. The molecule has 3 unspecified atom stereocenters. The van der Waals surface area contributed by atoms with Crippen LogP contribution in [0.3, 0.4) is 0 Å². The molecule has 0 spiro atoms. The van der Waals surface area contributed by atoms with Gasteiger partial charge in [0.2, 0.25) is 0 Å². The summed E-state index contributed by atoms with van der Waals surface area (Å²) < 4.78 is 0. The van der Waals surface area contributed by atoms with Crippen molar-refractivity contribution in [2.24, 2.45) is 0 Å². The van der Waals surface area contributed by atoms with E-state index in [4.69, 9.17) is 0 Å². The fourth-order valence-corrected chi connectivity index (χ4v) is 2.79. The second kappa shape index (κ2) is 10.8. The van der Waals surface area contributed by atoms with E-state index in [0.717, 1.165) is 5.56 Å². The molecule has 1 aromatic rings. The summed E-state index contributed by atoms with van der Waals surface area (Å²) >= 11 is 0. The number of aliphatic hydroxyl groups is 1. The molecule has 0 aromatic heterocycles. The largest absolute Gasteiger partial charge is 0.387 e. The van der Waals surface area contributed by atoms with Gasteiger partial charge in [0.15, 0.2) is 0 Å². The van der Waals surface area contributed by atoms with Gasteiger partial charge in [-0.3, -0.25) is 0 Å². The van der Waals surface area contributed by atoms with Crippen LogP contribution in [0.15, 0.2) is 30.3 Å². The maximum Gasteiger partial charge on any atom is 0.0940 e. The van der Waals surface area contributed by atoms with Crippen LogP contribution >= 0.6 is 0 Å². The molecule has 1 rings (SSSR count). The van der Waals surface area contributed by atoms with E-state index in [1.807, 2.05) is 30.3 Å². The van der Waals surface area contributed by atoms with Crippen molar-refractivity contribution in [2.75, 3.05) is 0 Å². The summed E-state index contributed by atoms with van der Waals surface area (Å²) in [6.45, 7) is 6.54. The quantitative estimate of drug-likeness (QED) is 0.572. The van der Waals surface area contributed by atoms with Crippen molar-refractivity contribution >= 4 is 0 Å². The van der Waals surface area contributed by atoms with Crippen LogP contribution in [0.5, 0.6) is 0 Å². The van der Waals surface area contributed by atoms with Crippen LogP contribution in [-0.4, -0.2) is 17.2 Å². The summed E-state index contributed by atoms with van der Waals surface area (Å²) in [4.78, 5) is 0. The molecule has 0 heterocycles. The van der Waals surface area contributed by atoms with Gasteiger partial charge in [-0.15, -0.1) is 0 Å². The van der Waals surface area contributed by atoms with Crippen LogP contribution in [-0.2, 0) is 0 Å². The number of unbranched alkanes of at least 4 members (excludes halogenated alkanes) is 5. The van der Waals surface area contributed by atoms with E-state index in [2.05, 4.69) is 26.1 Å². The van der Waals surface area contributed by atoms with Gasteiger partial charge in [0, 0.05) is 12.1 Å². The van der Waals surface area contributed by atoms with Gasteiger partial charge < -0.3 is 10.4 Å². The van der Waals surface area contributed by atoms with Gasteiger partial charge in [-0.2, -0.15) is 0 Å². The van der Waals surface area contributed by atoms with Gasteiger partial charge in [-0.1, -0.05) is 75.8 Å². The summed E-state index contributed by atoms with van der Waals surface area (Å²) in [7, 11) is 0. The van der Waals surface area contributed by atoms with E-state index >= 15 is 0 Å². The highest BCUT2D eigenvalue weighted by Crippen LogP contribution is 2.17. The second-order valence-corrected chi connectivity index (χ2v) is 6.27. The minimum Gasteiger partial charge on any atom is -0.387 e. The van der Waals surface area contributed by atoms with E-state index in [1.54, 1.807) is 0 Å². The molecule has 1 aromatic carbocycles. The van der Waals surface area contributed by atoms with Gasteiger partial charge >= 0.3 is 0 Å². The van der Waals surface area contributed by atoms with Crippen LogP contribution in [0.25, 0.3) is 0 Å². The molecule has 2 heteroatoms. The zero-order valence-electron chi connectivity index (χ0n) is 14.0. The first-order valence-electron chi connectivity index (χ1n) is 8.64. The van der Waals surface area contributed by atoms with Crippen molar-refractivity contribution in [1.29, 1.82) is 0 Å². The molecule has 2 nitrogen and oxygen atoms in total. The third kappa shape index (κ3) is 7.63. The maximum absolute atomic E-state index is 10.3. The summed E-state index contributed by atoms with van der Waals surface area (Å²) in [6, 6.07) is 10.5. The second-order valence-electron chi connectivity index (χ2n) is 6.27. The van der Waals surface area contributed by atoms with Crippen molar-refractivity contribution in [2.45, 2.75) is 83.9 Å². The first-order valence-corrected chi connectivity index (χ1v) is 8.64. The lowest BCUT2D eigenvalue weighted by Crippen LogP contribution is -2.38. The first kappa shape index (κ1) is 18.2. The van der Waals surface area contributed by atoms with Gasteiger partial charge in [-0.25, -0.2) is 0 Å². The average Bonchev–Trinajstić information content (AvgIpc) is 2.50. The van der Waals surface area contributed by atoms with Gasteiger partial charge in [0.05, 0.1) is 6.10 Å². The van der Waals surface area contributed by atoms with Crippen molar-refractivity contribution in [1.82, 2.24) is 5.32 Å². The molecular formula is C19H33NO. The fourth-order valence-electron chi connectivity index (χ4n) is 2.79. The standard InChI is InChI=1S/C19H33NO/c1-4-5-6-7-8-10-13-16(2)20-17(3)19(21)18-14-11-9-12-15-18/h9,11-12,14-17,19-21H,4-8,10,13H2,1-3H3. The summed E-state index contributed by atoms with van der Waals surface area (Å²) in [5.74, 6) is 0. The number of nitrogens with one attached hydrogen (secondary N) is 1. The topological polar surface area (TPSA) is 32.3 Å². The Hall–Kier alpha value is -0.860. The minimum atomic E-state index is -0.432. The Morgan fingerprint density at radius 3 is 2.24 bits per heavy atom. The highest BCUT2D eigenvalue weighted by Gasteiger charge is 2.17. The first-order chi connectivity index (χ1) is 10.1. The monoisotopic (exact) mass is 291 g/mol. The third-order valence-electron chi connectivity index (χ3n) is 4.15. The molecule has 0 fully saturated rings. The Balaban J connectivity index is 2.19. The molecule has 3 atom stereocenters. The van der Waals surface area contributed by atoms with Crippen LogP contribution in [0.2, 0.25) is 0 Å². The Kier molecular flexibility index (Phi) is 9.36. The van der Waals surface area contributed by atoms with Crippen LogP contribution in [0.1, 0.15) is 77.4 Å². The number of benzene rings is 1. The molecule has 0 radical (unpaired) electrons. The molecule has 0 aliphatic rings. The Bertz CT molecular complexity index is 352. The Morgan fingerprint density at radius 2 is 1.57 bits per heavy atom. The lowest BCUT2D eigenvalue weighted by Gasteiger charge is -2.24. The van der Waals surface area contributed by atoms with Crippen LogP contribution < -0.4 is 5.32 Å². The minimum absolute atomic E-state index is 0.0856. The van der Waals surface area contributed by atoms with Crippen molar-refractivity contribution in [3.8, 4) is 0 Å². The molecule has 0 aliphatic heterocycles. The Labute approximate surface area is 131 Å². The lowest BCUT2D eigenvalue weighted by atomic mass is 10.0. The number of hydrogen-bond donors (Lipinski definition) is 2. The molecule has 0 aliphatic carbocycles. The molecule has 120 valence electrons. The predicted octanol–water partition coefficient (Wildman–Crippen LogP) is 4.84. The van der Waals surface area contributed by atoms with E-state index in [1.165, 1.54) is 44.9 Å². The normalized spacial score (nSPS) is 15.6. The molecule has 0 saturated heterocycles. The summed E-state index contributed by atoms with van der Waals surface area (Å²) in [5.41, 5.74) is 0.990. The van der Waals surface area contributed by atoms with E-state index in [-0.39, 0.29) is 6.04 Å². The molecule has 0 amide bonds. The molecule has 0 saturated carbocycles. The van der Waals surface area contributed by atoms with Gasteiger partial charge in [0.25, 0.3) is 0 Å². The molecule has 21 heavy (non-hydrogen) atoms. The highest BCUT2D eigenvalue weighted by molar-refractivity contribution is 5.18. The van der Waals surface area contributed by atoms with E-state index in [9.17, 15) is 5.11 Å². The lowest BCUT2D eigenvalue weighted by molar-refractivity contribution is 0.129. The molecule has 2 N–H and O–H groups in total. The third-order valence-corrected chi connectivity index (χ3v) is 4.15. The van der Waals surface area contributed by atoms with Crippen molar-refractivity contribution in [3.05, 3.63) is 35.9 Å². The van der Waals surface area contributed by atoms with Gasteiger partial charge in [0.1, 0.15) is 0 Å². The highest BCUT2D eigenvalue weighted by atomic mass is 16.3. The van der Waals surface area contributed by atoms with Crippen LogP contribution in [0.4, 0.5) is 0 Å². The zero-order valence-corrected chi connectivity index (χ0v) is 14.0. The summed E-state index contributed by atoms with van der Waals surface area (Å²) in [5, 5.41) is 13.9. The molecular weight excluding hydrogens is 258 g/mol. The summed E-state index contributed by atoms with van der Waals surface area (Å²) in [6.07, 6.45) is 8.80. The number of hydrogen-bond acceptors (Lipinski definition) is 2. The Morgan fingerprint density at radius 1 is 0.952 bits per heavy atom. The predicted molar refractivity (Wildman–Crippen MR) is 91.5 cm³/mol. The number of aliphatic hydroxyl groups excluding tert-OH is 1. The van der Waals surface area contributed by atoms with Crippen molar-refractivity contribution in [3.63, 3.8) is 0 Å². The fraction of sp³-hybridized carbons (Fsp3) is 0.684. The van der Waals surface area contributed by atoms with E-state index < -0.39 is 6.10 Å². The van der Waals surface area contributed by atoms with Gasteiger partial charge in [-0.05, 0) is 25.8 Å². The van der Waals surface area contributed by atoms with Crippen molar-refractivity contribution < 1.29 is 5.11 Å². The maximum atomic E-state index is 10.3. The zero-order chi connectivity index (χ0) is 15.5. The molecule has 0 bridgehead atoms. The van der Waals surface area contributed by atoms with E-state index in [0.29, 0.717) is 6.04 Å². The van der Waals surface area contributed by atoms with Crippen LogP contribution in [0, 0.1) is 0 Å². The smallest absolute Gasteiger partial charge is 0.0940 e.